The van der Waals surface area contributed by atoms with Gasteiger partial charge in [-0.05, 0) is 48.9 Å². The number of benzene rings is 2. The van der Waals surface area contributed by atoms with Gasteiger partial charge in [0.05, 0.1) is 25.3 Å². The molecular weight excluding hydrogens is 572 g/mol. The van der Waals surface area contributed by atoms with Gasteiger partial charge in [-0.1, -0.05) is 17.7 Å². The number of aromatic nitrogens is 4. The number of rotatable bonds is 9. The summed E-state index contributed by atoms with van der Waals surface area (Å²) in [6, 6.07) is 13.8. The maximum absolute atomic E-state index is 13.3. The predicted octanol–water partition coefficient (Wildman–Crippen LogP) is 4.07. The predicted molar refractivity (Wildman–Crippen MR) is 163 cm³/mol. The fourth-order valence-corrected chi connectivity index (χ4v) is 5.16. The average Bonchev–Trinajstić information content (AvgIpc) is 3.56. The van der Waals surface area contributed by atoms with Crippen molar-refractivity contribution in [3.05, 3.63) is 83.5 Å². The van der Waals surface area contributed by atoms with Gasteiger partial charge < -0.3 is 29.9 Å². The monoisotopic (exact) mass is 604 g/mol. The minimum atomic E-state index is -0.347. The van der Waals surface area contributed by atoms with Gasteiger partial charge in [0.25, 0.3) is 0 Å². The van der Waals surface area contributed by atoms with Gasteiger partial charge in [0.15, 0.2) is 0 Å². The molecule has 1 aliphatic heterocycles. The van der Waals surface area contributed by atoms with E-state index in [9.17, 15) is 9.59 Å². The number of amides is 3. The Hall–Kier alpha value is -4.84. The van der Waals surface area contributed by atoms with E-state index in [-0.39, 0.29) is 24.4 Å². The van der Waals surface area contributed by atoms with Crippen LogP contribution < -0.4 is 25.0 Å². The van der Waals surface area contributed by atoms with Crippen LogP contribution in [0.4, 0.5) is 16.3 Å². The number of methoxy groups -OCH3 is 2. The zero-order valence-electron chi connectivity index (χ0n) is 24.2. The summed E-state index contributed by atoms with van der Waals surface area (Å²) in [5.74, 6) is 2.25. The molecule has 2 N–H and O–H groups in total. The quantitative estimate of drug-likeness (QED) is 0.293. The molecule has 5 rings (SSSR count). The van der Waals surface area contributed by atoms with E-state index in [0.717, 1.165) is 11.3 Å². The second kappa shape index (κ2) is 13.4. The van der Waals surface area contributed by atoms with Gasteiger partial charge in [-0.3, -0.25) is 9.36 Å². The van der Waals surface area contributed by atoms with E-state index in [1.807, 2.05) is 19.1 Å². The molecular formula is C30H33ClN8O4. The van der Waals surface area contributed by atoms with Gasteiger partial charge >= 0.3 is 6.03 Å². The molecule has 0 spiro atoms. The number of carbonyl (C=O) groups excluding carboxylic acids is 2. The van der Waals surface area contributed by atoms with E-state index < -0.39 is 0 Å². The molecule has 3 heterocycles. The lowest BCUT2D eigenvalue weighted by atomic mass is 10.1. The van der Waals surface area contributed by atoms with E-state index in [1.54, 1.807) is 78.8 Å². The molecule has 12 nitrogen and oxygen atoms in total. The average molecular weight is 605 g/mol. The first-order chi connectivity index (χ1) is 20.8. The first kappa shape index (κ1) is 29.6. The fourth-order valence-electron chi connectivity index (χ4n) is 4.88. The second-order valence-corrected chi connectivity index (χ2v) is 10.4. The molecule has 4 aromatic rings. The third-order valence-electron chi connectivity index (χ3n) is 7.10. The van der Waals surface area contributed by atoms with Gasteiger partial charge in [0.1, 0.15) is 23.6 Å². The molecule has 1 atom stereocenters. The number of piperazine rings is 1. The van der Waals surface area contributed by atoms with Crippen molar-refractivity contribution >= 4 is 35.0 Å². The normalized spacial score (nSPS) is 14.7. The van der Waals surface area contributed by atoms with Crippen molar-refractivity contribution in [3.63, 3.8) is 0 Å². The summed E-state index contributed by atoms with van der Waals surface area (Å²) in [6.45, 7) is 3.42. The minimum Gasteiger partial charge on any atom is -0.497 e. The van der Waals surface area contributed by atoms with E-state index in [1.165, 1.54) is 0 Å². The van der Waals surface area contributed by atoms with E-state index in [0.29, 0.717) is 60.2 Å². The van der Waals surface area contributed by atoms with Crippen LogP contribution in [0.2, 0.25) is 5.02 Å². The van der Waals surface area contributed by atoms with Crippen molar-refractivity contribution in [2.24, 2.45) is 0 Å². The Kier molecular flexibility index (Phi) is 9.26. The number of hydrogen-bond acceptors (Lipinski definition) is 8. The summed E-state index contributed by atoms with van der Waals surface area (Å²) < 4.78 is 12.2. The largest absolute Gasteiger partial charge is 0.497 e. The molecule has 0 saturated carbocycles. The summed E-state index contributed by atoms with van der Waals surface area (Å²) in [4.78, 5) is 43.7. The lowest BCUT2D eigenvalue weighted by molar-refractivity contribution is -0.121. The number of carbonyl (C=O) groups is 2. The van der Waals surface area contributed by atoms with Crippen LogP contribution in [-0.2, 0) is 11.3 Å². The van der Waals surface area contributed by atoms with Crippen LogP contribution >= 0.6 is 11.6 Å². The molecule has 224 valence electrons. The summed E-state index contributed by atoms with van der Waals surface area (Å²) in [7, 11) is 3.14. The Morgan fingerprint density at radius 2 is 1.86 bits per heavy atom. The van der Waals surface area contributed by atoms with Crippen LogP contribution in [0.25, 0.3) is 5.95 Å². The van der Waals surface area contributed by atoms with Crippen molar-refractivity contribution < 1.29 is 19.1 Å². The SMILES string of the molecule is COc1ccc(NC(=O)N2CCN(c3cc(C)nc(-n4ccnc4)n3)C(CC(=O)NCc3ccc(OC)c(Cl)c3)C2)cc1. The minimum absolute atomic E-state index is 0.139. The second-order valence-electron chi connectivity index (χ2n) is 10.0. The molecule has 3 amide bonds. The van der Waals surface area contributed by atoms with Crippen molar-refractivity contribution in [3.8, 4) is 17.4 Å². The van der Waals surface area contributed by atoms with Gasteiger partial charge in [0.2, 0.25) is 11.9 Å². The Morgan fingerprint density at radius 1 is 1.05 bits per heavy atom. The number of imidazole rings is 1. The van der Waals surface area contributed by atoms with Crippen LogP contribution in [0.15, 0.2) is 67.3 Å². The number of urea groups is 1. The smallest absolute Gasteiger partial charge is 0.321 e. The van der Waals surface area contributed by atoms with E-state index in [2.05, 4.69) is 25.5 Å². The Morgan fingerprint density at radius 3 is 2.56 bits per heavy atom. The number of anilines is 2. The Bertz CT molecular complexity index is 1570. The van der Waals surface area contributed by atoms with Crippen LogP contribution in [-0.4, -0.2) is 76.3 Å². The molecule has 1 unspecified atom stereocenters. The first-order valence-electron chi connectivity index (χ1n) is 13.7. The highest BCUT2D eigenvalue weighted by molar-refractivity contribution is 6.32. The summed E-state index contributed by atoms with van der Waals surface area (Å²) in [5.41, 5.74) is 2.27. The molecule has 0 radical (unpaired) electrons. The molecule has 0 aliphatic carbocycles. The van der Waals surface area contributed by atoms with Crippen LogP contribution in [0, 0.1) is 6.92 Å². The standard InChI is InChI=1S/C30H33ClN8O4/c1-20-14-27(36-29(34-20)38-11-10-32-19-38)39-13-12-37(30(41)35-22-5-7-24(42-2)8-6-22)18-23(39)16-28(40)33-17-21-4-9-26(43-3)25(31)15-21/h4-11,14-15,19,23H,12-13,16-18H2,1-3H3,(H,33,40)(H,35,41). The summed E-state index contributed by atoms with van der Waals surface area (Å²) >= 11 is 6.26. The molecule has 0 bridgehead atoms. The van der Waals surface area contributed by atoms with Gasteiger partial charge in [0, 0.05) is 62.4 Å². The van der Waals surface area contributed by atoms with E-state index >= 15 is 0 Å². The molecule has 2 aromatic heterocycles. The lowest BCUT2D eigenvalue weighted by Crippen LogP contribution is -2.57. The lowest BCUT2D eigenvalue weighted by Gasteiger charge is -2.42. The molecule has 1 saturated heterocycles. The molecule has 2 aromatic carbocycles. The van der Waals surface area contributed by atoms with Crippen LogP contribution in [0.1, 0.15) is 17.7 Å². The van der Waals surface area contributed by atoms with Gasteiger partial charge in [-0.15, -0.1) is 0 Å². The zero-order chi connectivity index (χ0) is 30.3. The number of ether oxygens (including phenoxy) is 2. The first-order valence-corrected chi connectivity index (χ1v) is 14.1. The number of nitrogens with zero attached hydrogens (tertiary/aromatic N) is 6. The zero-order valence-corrected chi connectivity index (χ0v) is 24.9. The Labute approximate surface area is 254 Å². The van der Waals surface area contributed by atoms with Crippen molar-refractivity contribution in [2.45, 2.75) is 25.9 Å². The topological polar surface area (TPSA) is 127 Å². The molecule has 1 fully saturated rings. The number of aryl methyl sites for hydroxylation is 1. The molecule has 43 heavy (non-hydrogen) atoms. The number of nitrogens with one attached hydrogen (secondary N) is 2. The highest BCUT2D eigenvalue weighted by atomic mass is 35.5. The fraction of sp³-hybridized carbons (Fsp3) is 0.300. The summed E-state index contributed by atoms with van der Waals surface area (Å²) in [5, 5.41) is 6.40. The maximum atomic E-state index is 13.3. The van der Waals surface area contributed by atoms with Crippen LogP contribution in [0.5, 0.6) is 11.5 Å². The van der Waals surface area contributed by atoms with Gasteiger partial charge in [-0.2, -0.15) is 4.98 Å². The maximum Gasteiger partial charge on any atom is 0.321 e. The highest BCUT2D eigenvalue weighted by Gasteiger charge is 2.32. The third kappa shape index (κ3) is 7.33. The van der Waals surface area contributed by atoms with Crippen molar-refractivity contribution in [1.82, 2.24) is 29.7 Å². The van der Waals surface area contributed by atoms with E-state index in [4.69, 9.17) is 26.1 Å². The van der Waals surface area contributed by atoms with Crippen molar-refractivity contribution in [2.75, 3.05) is 44.1 Å². The summed E-state index contributed by atoms with van der Waals surface area (Å²) in [6.07, 6.45) is 5.21. The number of hydrogen-bond donors (Lipinski definition) is 2. The number of halogens is 1. The van der Waals surface area contributed by atoms with Crippen molar-refractivity contribution in [1.29, 1.82) is 0 Å². The molecule has 13 heteroatoms. The molecule has 1 aliphatic rings. The Balaban J connectivity index is 1.33. The van der Waals surface area contributed by atoms with Gasteiger partial charge in [-0.25, -0.2) is 14.8 Å². The third-order valence-corrected chi connectivity index (χ3v) is 7.39. The highest BCUT2D eigenvalue weighted by Crippen LogP contribution is 2.26. The van der Waals surface area contributed by atoms with Crippen LogP contribution in [0.3, 0.4) is 0 Å².